The Morgan fingerprint density at radius 3 is 2.85 bits per heavy atom. The topological polar surface area (TPSA) is 26.3 Å². The first kappa shape index (κ1) is 15.3. The second-order valence-electron chi connectivity index (χ2n) is 10.9. The van der Waals surface area contributed by atoms with Gasteiger partial charge in [0.1, 0.15) is 0 Å². The minimum atomic E-state index is 0.269. The van der Waals surface area contributed by atoms with Crippen LogP contribution < -0.4 is 0 Å². The lowest BCUT2D eigenvalue weighted by molar-refractivity contribution is -0.161. The molecule has 0 aromatic carbocycles. The van der Waals surface area contributed by atoms with Crippen LogP contribution in [-0.2, 0) is 9.53 Å². The molecule has 0 radical (unpaired) electrons. The Kier molecular flexibility index (Phi) is 2.75. The molecule has 7 rings (SSSR count). The van der Waals surface area contributed by atoms with Crippen LogP contribution in [0, 0.1) is 52.8 Å². The summed E-state index contributed by atoms with van der Waals surface area (Å²) >= 11 is 0. The van der Waals surface area contributed by atoms with Gasteiger partial charge in [0.2, 0.25) is 0 Å². The number of rotatable bonds is 1. The van der Waals surface area contributed by atoms with Gasteiger partial charge in [-0.1, -0.05) is 12.5 Å². The first-order valence-corrected chi connectivity index (χ1v) is 11.6. The molecule has 7 aliphatic rings. The summed E-state index contributed by atoms with van der Waals surface area (Å²) in [5.74, 6) is 7.56. The average Bonchev–Trinajstić information content (AvgIpc) is 3.56. The zero-order valence-corrected chi connectivity index (χ0v) is 16.1. The van der Waals surface area contributed by atoms with Crippen LogP contribution in [0.15, 0.2) is 11.6 Å². The predicted molar refractivity (Wildman–Crippen MR) is 99.4 cm³/mol. The van der Waals surface area contributed by atoms with E-state index in [2.05, 4.69) is 13.0 Å². The summed E-state index contributed by atoms with van der Waals surface area (Å²) in [6, 6.07) is 0. The highest BCUT2D eigenvalue weighted by Gasteiger charge is 2.79. The average molecular weight is 353 g/mol. The van der Waals surface area contributed by atoms with Gasteiger partial charge in [0, 0.05) is 18.4 Å². The molecule has 10 atom stereocenters. The van der Waals surface area contributed by atoms with Crippen molar-refractivity contribution in [3.8, 4) is 0 Å². The maximum Gasteiger partial charge on any atom is 0.155 e. The van der Waals surface area contributed by atoms with Gasteiger partial charge in [-0.15, -0.1) is 0 Å². The standard InChI is InChI=1S/C24H32O2/c1-2-23-8-6-15-14-5-4-13(25)10-16(14)17-11-18(17)21(15)22(23)19-12-20(19)24(23)7-3-9-26-24/h10,14-15,17-22H,2-9,11-12H2,1H3/t14-,15-,17-,18-,19-,20+,21+,22+,23+,24+/m1/s1. The normalized spacial score (nSPS) is 61.3. The van der Waals surface area contributed by atoms with Crippen LogP contribution in [0.2, 0.25) is 0 Å². The first-order chi connectivity index (χ1) is 12.7. The van der Waals surface area contributed by atoms with Crippen molar-refractivity contribution >= 4 is 5.78 Å². The number of hydrogen-bond acceptors (Lipinski definition) is 2. The molecule has 0 amide bonds. The van der Waals surface area contributed by atoms with Gasteiger partial charge in [-0.05, 0) is 105 Å². The Morgan fingerprint density at radius 2 is 2.04 bits per heavy atom. The number of fused-ring (bicyclic) bond motifs is 12. The molecule has 1 saturated heterocycles. The zero-order chi connectivity index (χ0) is 17.3. The highest BCUT2D eigenvalue weighted by Crippen LogP contribution is 2.81. The van der Waals surface area contributed by atoms with Crippen LogP contribution in [0.3, 0.4) is 0 Å². The molecule has 0 aromatic heterocycles. The monoisotopic (exact) mass is 352 g/mol. The fraction of sp³-hybridized carbons (Fsp3) is 0.875. The highest BCUT2D eigenvalue weighted by molar-refractivity contribution is 5.91. The van der Waals surface area contributed by atoms with E-state index in [1.807, 2.05) is 0 Å². The molecule has 5 saturated carbocycles. The van der Waals surface area contributed by atoms with Gasteiger partial charge in [-0.2, -0.15) is 0 Å². The smallest absolute Gasteiger partial charge is 0.155 e. The van der Waals surface area contributed by atoms with Gasteiger partial charge in [-0.3, -0.25) is 4.79 Å². The van der Waals surface area contributed by atoms with E-state index in [-0.39, 0.29) is 5.60 Å². The van der Waals surface area contributed by atoms with Gasteiger partial charge >= 0.3 is 0 Å². The van der Waals surface area contributed by atoms with Crippen molar-refractivity contribution in [3.63, 3.8) is 0 Å². The fourth-order valence-corrected chi connectivity index (χ4v) is 9.93. The number of ketones is 1. The molecule has 140 valence electrons. The lowest BCUT2D eigenvalue weighted by Gasteiger charge is -2.58. The van der Waals surface area contributed by atoms with Crippen molar-refractivity contribution in [1.29, 1.82) is 0 Å². The lowest BCUT2D eigenvalue weighted by Crippen LogP contribution is -2.56. The lowest BCUT2D eigenvalue weighted by atomic mass is 9.47. The molecule has 2 heteroatoms. The van der Waals surface area contributed by atoms with Crippen LogP contribution in [0.1, 0.15) is 64.7 Å². The number of allylic oxidation sites excluding steroid dienone is 1. The van der Waals surface area contributed by atoms with Crippen LogP contribution in [0.5, 0.6) is 0 Å². The van der Waals surface area contributed by atoms with Gasteiger partial charge in [-0.25, -0.2) is 0 Å². The third-order valence-corrected chi connectivity index (χ3v) is 10.6. The molecule has 0 aromatic rings. The molecule has 1 spiro atoms. The molecule has 0 N–H and O–H groups in total. The van der Waals surface area contributed by atoms with Crippen molar-refractivity contribution in [2.45, 2.75) is 70.3 Å². The van der Waals surface area contributed by atoms with Gasteiger partial charge in [0.15, 0.2) is 5.78 Å². The van der Waals surface area contributed by atoms with E-state index in [9.17, 15) is 4.79 Å². The summed E-state index contributed by atoms with van der Waals surface area (Å²) in [5.41, 5.74) is 2.37. The second-order valence-corrected chi connectivity index (χ2v) is 10.9. The molecule has 26 heavy (non-hydrogen) atoms. The van der Waals surface area contributed by atoms with Crippen molar-refractivity contribution in [1.82, 2.24) is 0 Å². The van der Waals surface area contributed by atoms with Crippen molar-refractivity contribution < 1.29 is 9.53 Å². The summed E-state index contributed by atoms with van der Waals surface area (Å²) in [5, 5.41) is 0. The summed E-state index contributed by atoms with van der Waals surface area (Å²) in [6.07, 6.45) is 13.8. The van der Waals surface area contributed by atoms with Gasteiger partial charge in [0.25, 0.3) is 0 Å². The van der Waals surface area contributed by atoms with E-state index in [4.69, 9.17) is 4.74 Å². The number of carbonyl (C=O) groups is 1. The van der Waals surface area contributed by atoms with Crippen LogP contribution in [-0.4, -0.2) is 18.0 Å². The molecule has 1 heterocycles. The van der Waals surface area contributed by atoms with Gasteiger partial charge < -0.3 is 4.74 Å². The number of carbonyl (C=O) groups excluding carboxylic acids is 1. The summed E-state index contributed by atoms with van der Waals surface area (Å²) < 4.78 is 6.71. The summed E-state index contributed by atoms with van der Waals surface area (Å²) in [7, 11) is 0. The molecule has 0 unspecified atom stereocenters. The summed E-state index contributed by atoms with van der Waals surface area (Å²) in [6.45, 7) is 3.51. The Labute approximate surface area is 157 Å². The predicted octanol–water partition coefficient (Wildman–Crippen LogP) is 4.78. The minimum absolute atomic E-state index is 0.269. The highest BCUT2D eigenvalue weighted by atomic mass is 16.5. The number of ether oxygens (including phenoxy) is 1. The molecule has 1 aliphatic heterocycles. The second kappa shape index (κ2) is 4.67. The van der Waals surface area contributed by atoms with E-state index >= 15 is 0 Å². The Hall–Kier alpha value is -0.630. The van der Waals surface area contributed by atoms with Crippen molar-refractivity contribution in [3.05, 3.63) is 11.6 Å². The Balaban J connectivity index is 1.33. The molecular weight excluding hydrogens is 320 g/mol. The van der Waals surface area contributed by atoms with E-state index in [0.29, 0.717) is 11.2 Å². The zero-order valence-electron chi connectivity index (χ0n) is 16.1. The summed E-state index contributed by atoms with van der Waals surface area (Å²) in [4.78, 5) is 12.1. The minimum Gasteiger partial charge on any atom is -0.374 e. The largest absolute Gasteiger partial charge is 0.374 e. The maximum absolute atomic E-state index is 12.1. The van der Waals surface area contributed by atoms with Crippen LogP contribution in [0.4, 0.5) is 0 Å². The number of hydrogen-bond donors (Lipinski definition) is 0. The van der Waals surface area contributed by atoms with Crippen LogP contribution >= 0.6 is 0 Å². The Bertz CT molecular complexity index is 716. The van der Waals surface area contributed by atoms with E-state index in [1.165, 1.54) is 44.9 Å². The van der Waals surface area contributed by atoms with Crippen molar-refractivity contribution in [2.24, 2.45) is 52.8 Å². The molecule has 6 aliphatic carbocycles. The quantitative estimate of drug-likeness (QED) is 0.679. The Morgan fingerprint density at radius 1 is 1.12 bits per heavy atom. The SMILES string of the molecule is CC[C@]12CC[C@H]3[C@@H]([C@@H]4C[C@@H]4C4=CC(=O)CC[C@@H]43)[C@@H]1[C@@H]1C[C@@H]1[C@@]21CCCO1. The molecule has 6 fully saturated rings. The van der Waals surface area contributed by atoms with Gasteiger partial charge in [0.05, 0.1) is 5.60 Å². The van der Waals surface area contributed by atoms with Crippen molar-refractivity contribution in [2.75, 3.05) is 6.61 Å². The van der Waals surface area contributed by atoms with E-state index in [0.717, 1.165) is 66.8 Å². The third-order valence-electron chi connectivity index (χ3n) is 10.6. The molecule has 0 bridgehead atoms. The maximum atomic E-state index is 12.1. The first-order valence-electron chi connectivity index (χ1n) is 11.6. The van der Waals surface area contributed by atoms with E-state index in [1.54, 1.807) is 5.57 Å². The third kappa shape index (κ3) is 1.53. The molecular formula is C24H32O2. The van der Waals surface area contributed by atoms with E-state index < -0.39 is 0 Å². The van der Waals surface area contributed by atoms with Crippen LogP contribution in [0.25, 0.3) is 0 Å². The fourth-order valence-electron chi connectivity index (χ4n) is 9.93. The molecule has 2 nitrogen and oxygen atoms in total.